The Morgan fingerprint density at radius 1 is 0.923 bits per heavy atom. The number of rotatable bonds is 9. The minimum absolute atomic E-state index is 0.294. The molecule has 0 spiro atoms. The molecule has 1 saturated heterocycles. The van der Waals surface area contributed by atoms with E-state index in [1.807, 2.05) is 60.7 Å². The first-order valence-electron chi connectivity index (χ1n) is 8.95. The summed E-state index contributed by atoms with van der Waals surface area (Å²) >= 11 is 0. The van der Waals surface area contributed by atoms with Gasteiger partial charge in [0.2, 0.25) is 0 Å². The second-order valence-corrected chi connectivity index (χ2v) is 6.44. The molecule has 1 aliphatic rings. The van der Waals surface area contributed by atoms with Crippen molar-refractivity contribution >= 4 is 0 Å². The summed E-state index contributed by atoms with van der Waals surface area (Å²) in [5.74, 6) is 0. The number of hydrogen-bond acceptors (Lipinski definition) is 3. The highest BCUT2D eigenvalue weighted by atomic mass is 19.1. The molecule has 0 amide bonds. The Hall–Kier alpha value is -2.01. The molecule has 3 rings (SSSR count). The van der Waals surface area contributed by atoms with Crippen molar-refractivity contribution in [3.63, 3.8) is 0 Å². The third-order valence-corrected chi connectivity index (χ3v) is 4.46. The van der Waals surface area contributed by atoms with Crippen LogP contribution in [0.15, 0.2) is 73.3 Å². The zero-order valence-corrected chi connectivity index (χ0v) is 14.8. The van der Waals surface area contributed by atoms with Crippen molar-refractivity contribution in [2.75, 3.05) is 6.61 Å². The summed E-state index contributed by atoms with van der Waals surface area (Å²) in [5.41, 5.74) is 2.09. The maximum absolute atomic E-state index is 14.8. The highest BCUT2D eigenvalue weighted by Crippen LogP contribution is 2.30. The average molecular weight is 356 g/mol. The molecule has 0 aliphatic carbocycles. The molecule has 138 valence electrons. The fourth-order valence-corrected chi connectivity index (χ4v) is 3.11. The Morgan fingerprint density at radius 2 is 1.54 bits per heavy atom. The highest BCUT2D eigenvalue weighted by molar-refractivity contribution is 5.14. The van der Waals surface area contributed by atoms with Gasteiger partial charge < -0.3 is 14.2 Å². The fourth-order valence-electron chi connectivity index (χ4n) is 3.11. The van der Waals surface area contributed by atoms with Gasteiger partial charge in [-0.25, -0.2) is 4.39 Å². The second kappa shape index (κ2) is 9.62. The lowest BCUT2D eigenvalue weighted by molar-refractivity contribution is -0.0730. The minimum atomic E-state index is -1.19. The lowest BCUT2D eigenvalue weighted by Crippen LogP contribution is -2.34. The van der Waals surface area contributed by atoms with Crippen LogP contribution in [0.2, 0.25) is 0 Å². The molecule has 0 saturated carbocycles. The average Bonchev–Trinajstić information content (AvgIpc) is 2.97. The van der Waals surface area contributed by atoms with E-state index in [1.165, 1.54) is 0 Å². The summed E-state index contributed by atoms with van der Waals surface area (Å²) in [4.78, 5) is 0. The predicted octanol–water partition coefficient (Wildman–Crippen LogP) is 4.47. The smallest absolute Gasteiger partial charge is 0.155 e. The van der Waals surface area contributed by atoms with E-state index in [1.54, 1.807) is 6.08 Å². The van der Waals surface area contributed by atoms with Crippen molar-refractivity contribution in [1.29, 1.82) is 0 Å². The summed E-state index contributed by atoms with van der Waals surface area (Å²) in [6, 6.07) is 19.6. The van der Waals surface area contributed by atoms with Crippen molar-refractivity contribution in [2.24, 2.45) is 0 Å². The van der Waals surface area contributed by atoms with E-state index in [2.05, 4.69) is 6.58 Å². The van der Waals surface area contributed by atoms with Crippen LogP contribution in [-0.4, -0.2) is 31.1 Å². The Kier molecular flexibility index (Phi) is 6.95. The van der Waals surface area contributed by atoms with Crippen LogP contribution in [-0.2, 0) is 27.4 Å². The van der Waals surface area contributed by atoms with Crippen LogP contribution in [0.3, 0.4) is 0 Å². The van der Waals surface area contributed by atoms with Gasteiger partial charge in [-0.2, -0.15) is 0 Å². The van der Waals surface area contributed by atoms with Crippen LogP contribution in [0.5, 0.6) is 0 Å². The molecular formula is C22H25FO3. The van der Waals surface area contributed by atoms with Crippen molar-refractivity contribution in [3.05, 3.63) is 84.4 Å². The molecule has 0 unspecified atom stereocenters. The van der Waals surface area contributed by atoms with Crippen molar-refractivity contribution in [3.8, 4) is 0 Å². The van der Waals surface area contributed by atoms with Gasteiger partial charge in [-0.1, -0.05) is 66.7 Å². The highest BCUT2D eigenvalue weighted by Gasteiger charge is 2.45. The Morgan fingerprint density at radius 3 is 2.15 bits per heavy atom. The monoisotopic (exact) mass is 356 g/mol. The molecule has 1 heterocycles. The first-order chi connectivity index (χ1) is 12.8. The second-order valence-electron chi connectivity index (χ2n) is 6.44. The quantitative estimate of drug-likeness (QED) is 0.621. The van der Waals surface area contributed by atoms with Crippen LogP contribution in [0.25, 0.3) is 0 Å². The maximum atomic E-state index is 14.8. The van der Waals surface area contributed by atoms with Crippen molar-refractivity contribution in [1.82, 2.24) is 0 Å². The van der Waals surface area contributed by atoms with E-state index < -0.39 is 24.5 Å². The molecule has 26 heavy (non-hydrogen) atoms. The molecule has 2 aromatic rings. The number of benzene rings is 2. The first kappa shape index (κ1) is 18.8. The summed E-state index contributed by atoms with van der Waals surface area (Å²) < 4.78 is 32.3. The van der Waals surface area contributed by atoms with Crippen LogP contribution >= 0.6 is 0 Å². The number of alkyl halides is 1. The summed E-state index contributed by atoms with van der Waals surface area (Å²) in [7, 11) is 0. The predicted molar refractivity (Wildman–Crippen MR) is 99.5 cm³/mol. The van der Waals surface area contributed by atoms with E-state index >= 15 is 0 Å². The van der Waals surface area contributed by atoms with Gasteiger partial charge in [0.05, 0.1) is 25.9 Å². The lowest BCUT2D eigenvalue weighted by Gasteiger charge is -2.20. The van der Waals surface area contributed by atoms with Crippen molar-refractivity contribution < 1.29 is 18.6 Å². The van der Waals surface area contributed by atoms with Gasteiger partial charge in [0.1, 0.15) is 12.2 Å². The largest absolute Gasteiger partial charge is 0.374 e. The van der Waals surface area contributed by atoms with Crippen LogP contribution in [0.1, 0.15) is 17.5 Å². The molecule has 0 aromatic heterocycles. The van der Waals surface area contributed by atoms with Crippen molar-refractivity contribution in [2.45, 2.75) is 44.1 Å². The van der Waals surface area contributed by atoms with Gasteiger partial charge >= 0.3 is 0 Å². The Balaban J connectivity index is 1.57. The Labute approximate surface area is 154 Å². The molecule has 4 atom stereocenters. The van der Waals surface area contributed by atoms with Gasteiger partial charge in [0.15, 0.2) is 6.17 Å². The third kappa shape index (κ3) is 5.01. The van der Waals surface area contributed by atoms with Crippen LogP contribution < -0.4 is 0 Å². The van der Waals surface area contributed by atoms with Gasteiger partial charge in [0.25, 0.3) is 0 Å². The van der Waals surface area contributed by atoms with Gasteiger partial charge in [0, 0.05) is 0 Å². The molecule has 4 heteroatoms. The SMILES string of the molecule is C=CC[C@H]1O[C@H](COCc2ccccc2)[C@@H](OCc2ccccc2)[C@H]1F. The van der Waals surface area contributed by atoms with Gasteiger partial charge in [-0.3, -0.25) is 0 Å². The molecule has 0 N–H and O–H groups in total. The molecule has 1 fully saturated rings. The number of hydrogen-bond donors (Lipinski definition) is 0. The van der Waals surface area contributed by atoms with Gasteiger partial charge in [-0.15, -0.1) is 6.58 Å². The van der Waals surface area contributed by atoms with E-state index in [9.17, 15) is 4.39 Å². The number of halogens is 1. The first-order valence-corrected chi connectivity index (χ1v) is 8.95. The molecule has 1 aliphatic heterocycles. The van der Waals surface area contributed by atoms with Gasteiger partial charge in [-0.05, 0) is 17.5 Å². The topological polar surface area (TPSA) is 27.7 Å². The molecule has 3 nitrogen and oxygen atoms in total. The molecule has 2 aromatic carbocycles. The molecule has 0 radical (unpaired) electrons. The summed E-state index contributed by atoms with van der Waals surface area (Å²) in [6.45, 7) is 4.80. The van der Waals surface area contributed by atoms with E-state index in [4.69, 9.17) is 14.2 Å². The van der Waals surface area contributed by atoms with E-state index in [0.717, 1.165) is 11.1 Å². The summed E-state index contributed by atoms with van der Waals surface area (Å²) in [6.07, 6.45) is -0.654. The standard InChI is InChI=1S/C22H25FO3/c1-2-9-19-21(23)22(25-15-18-12-7-4-8-13-18)20(26-19)16-24-14-17-10-5-3-6-11-17/h2-8,10-13,19-22H,1,9,14-16H2/t19-,20-,21+,22-/m1/s1. The summed E-state index contributed by atoms with van der Waals surface area (Å²) in [5, 5.41) is 0. The van der Waals surface area contributed by atoms with E-state index in [0.29, 0.717) is 26.2 Å². The lowest BCUT2D eigenvalue weighted by atomic mass is 10.1. The van der Waals surface area contributed by atoms with Crippen LogP contribution in [0.4, 0.5) is 4.39 Å². The zero-order valence-electron chi connectivity index (χ0n) is 14.8. The molecular weight excluding hydrogens is 331 g/mol. The zero-order chi connectivity index (χ0) is 18.2. The third-order valence-electron chi connectivity index (χ3n) is 4.46. The molecule has 0 bridgehead atoms. The Bertz CT molecular complexity index is 662. The fraction of sp³-hybridized carbons (Fsp3) is 0.364. The van der Waals surface area contributed by atoms with Crippen LogP contribution in [0, 0.1) is 0 Å². The number of ether oxygens (including phenoxy) is 3. The maximum Gasteiger partial charge on any atom is 0.155 e. The van der Waals surface area contributed by atoms with E-state index in [-0.39, 0.29) is 0 Å². The normalized spacial score (nSPS) is 25.3. The minimum Gasteiger partial charge on any atom is -0.374 e.